The van der Waals surface area contributed by atoms with E-state index in [4.69, 9.17) is 4.74 Å². The van der Waals surface area contributed by atoms with Gasteiger partial charge in [0.2, 0.25) is 0 Å². The van der Waals surface area contributed by atoms with Gasteiger partial charge in [-0.25, -0.2) is 4.79 Å². The molecule has 3 aromatic rings. The van der Waals surface area contributed by atoms with Crippen molar-refractivity contribution < 1.29 is 9.53 Å². The van der Waals surface area contributed by atoms with Crippen LogP contribution in [0.4, 0.5) is 5.69 Å². The van der Waals surface area contributed by atoms with Gasteiger partial charge in [-0.05, 0) is 42.0 Å². The van der Waals surface area contributed by atoms with Gasteiger partial charge in [0.05, 0.1) is 13.7 Å². The van der Waals surface area contributed by atoms with Crippen LogP contribution >= 0.6 is 0 Å². The second-order valence-electron chi connectivity index (χ2n) is 6.56. The van der Waals surface area contributed by atoms with Gasteiger partial charge < -0.3 is 14.2 Å². The number of nitrogens with zero attached hydrogens (tertiary/aromatic N) is 2. The van der Waals surface area contributed by atoms with E-state index in [0.717, 1.165) is 16.8 Å². The fraction of sp³-hybridized carbons (Fsp3) is 0.208. The average Bonchev–Trinajstić information content (AvgIpc) is 3.27. The highest BCUT2D eigenvalue weighted by Gasteiger charge is 2.20. The minimum Gasteiger partial charge on any atom is -0.467 e. The van der Waals surface area contributed by atoms with Crippen molar-refractivity contribution in [3.63, 3.8) is 0 Å². The highest BCUT2D eigenvalue weighted by atomic mass is 16.5. The summed E-state index contributed by atoms with van der Waals surface area (Å²) in [7, 11) is 3.45. The number of anilines is 1. The molecule has 0 saturated heterocycles. The molecule has 0 saturated carbocycles. The first-order chi connectivity index (χ1) is 13.7. The van der Waals surface area contributed by atoms with Crippen LogP contribution in [0.15, 0.2) is 79.1 Å². The summed E-state index contributed by atoms with van der Waals surface area (Å²) in [5.41, 5.74) is 3.17. The number of para-hydroxylation sites is 1. The normalized spacial score (nSPS) is 11.2. The van der Waals surface area contributed by atoms with Gasteiger partial charge in [-0.15, -0.1) is 0 Å². The van der Waals surface area contributed by atoms with E-state index in [1.165, 1.54) is 7.11 Å². The van der Waals surface area contributed by atoms with Crippen molar-refractivity contribution in [2.75, 3.05) is 25.6 Å². The van der Waals surface area contributed by atoms with E-state index in [0.29, 0.717) is 13.0 Å². The van der Waals surface area contributed by atoms with Gasteiger partial charge in [-0.1, -0.05) is 42.2 Å². The van der Waals surface area contributed by atoms with Crippen molar-refractivity contribution >= 4 is 11.7 Å². The van der Waals surface area contributed by atoms with Gasteiger partial charge in [0.1, 0.15) is 6.04 Å². The van der Waals surface area contributed by atoms with Crippen molar-refractivity contribution in [1.82, 2.24) is 4.57 Å². The highest BCUT2D eigenvalue weighted by Crippen LogP contribution is 2.17. The molecule has 0 fully saturated rings. The molecule has 0 bridgehead atoms. The number of esters is 1. The zero-order chi connectivity index (χ0) is 19.8. The molecule has 4 heteroatoms. The van der Waals surface area contributed by atoms with Crippen molar-refractivity contribution in [1.29, 1.82) is 0 Å². The predicted octanol–water partition coefficient (Wildman–Crippen LogP) is 3.93. The lowest BCUT2D eigenvalue weighted by atomic mass is 10.0. The molecular weight excluding hydrogens is 348 g/mol. The number of aromatic nitrogens is 1. The van der Waals surface area contributed by atoms with E-state index >= 15 is 0 Å². The molecule has 1 heterocycles. The van der Waals surface area contributed by atoms with E-state index in [1.54, 1.807) is 0 Å². The van der Waals surface area contributed by atoms with Crippen molar-refractivity contribution in [2.45, 2.75) is 12.5 Å². The summed E-state index contributed by atoms with van der Waals surface area (Å²) in [5, 5.41) is 0. The molecule has 142 valence electrons. The van der Waals surface area contributed by atoms with Crippen molar-refractivity contribution in [2.24, 2.45) is 0 Å². The SMILES string of the molecule is COC(=O)C(Cc1ccc(C#CCN(C)c2ccccc2)cc1)n1cccc1. The summed E-state index contributed by atoms with van der Waals surface area (Å²) < 4.78 is 6.83. The highest BCUT2D eigenvalue weighted by molar-refractivity contribution is 5.74. The monoisotopic (exact) mass is 372 g/mol. The summed E-state index contributed by atoms with van der Waals surface area (Å²) in [5.74, 6) is 6.16. The Morgan fingerprint density at radius 1 is 1.04 bits per heavy atom. The van der Waals surface area contributed by atoms with E-state index in [9.17, 15) is 4.79 Å². The minimum absolute atomic E-state index is 0.246. The molecule has 0 aliphatic carbocycles. The summed E-state index contributed by atoms with van der Waals surface area (Å²) >= 11 is 0. The number of rotatable bonds is 6. The minimum atomic E-state index is -0.364. The first-order valence-corrected chi connectivity index (χ1v) is 9.21. The molecular formula is C24H24N2O2. The van der Waals surface area contributed by atoms with E-state index in [1.807, 2.05) is 78.6 Å². The van der Waals surface area contributed by atoms with E-state index < -0.39 is 0 Å². The van der Waals surface area contributed by atoms with Crippen LogP contribution in [0.5, 0.6) is 0 Å². The maximum atomic E-state index is 12.1. The number of carbonyl (C=O) groups excluding carboxylic acids is 1. The lowest BCUT2D eigenvalue weighted by Crippen LogP contribution is -2.22. The number of ether oxygens (including phenoxy) is 1. The quantitative estimate of drug-likeness (QED) is 0.486. The fourth-order valence-corrected chi connectivity index (χ4v) is 2.98. The van der Waals surface area contributed by atoms with Crippen molar-refractivity contribution in [3.05, 3.63) is 90.3 Å². The van der Waals surface area contributed by atoms with Gasteiger partial charge in [-0.3, -0.25) is 0 Å². The van der Waals surface area contributed by atoms with Crippen LogP contribution in [0.25, 0.3) is 0 Å². The number of hydrogen-bond donors (Lipinski definition) is 0. The van der Waals surface area contributed by atoms with Crippen LogP contribution in [0, 0.1) is 11.8 Å². The Morgan fingerprint density at radius 2 is 1.71 bits per heavy atom. The third-order valence-electron chi connectivity index (χ3n) is 4.59. The Kier molecular flexibility index (Phi) is 6.54. The first kappa shape index (κ1) is 19.3. The first-order valence-electron chi connectivity index (χ1n) is 9.21. The third-order valence-corrected chi connectivity index (χ3v) is 4.59. The summed E-state index contributed by atoms with van der Waals surface area (Å²) in [4.78, 5) is 14.2. The number of benzene rings is 2. The Labute approximate surface area is 166 Å². The van der Waals surface area contributed by atoms with E-state index in [-0.39, 0.29) is 12.0 Å². The number of carbonyl (C=O) groups is 1. The van der Waals surface area contributed by atoms with E-state index in [2.05, 4.69) is 28.9 Å². The number of methoxy groups -OCH3 is 1. The molecule has 28 heavy (non-hydrogen) atoms. The molecule has 1 unspecified atom stereocenters. The summed E-state index contributed by atoms with van der Waals surface area (Å²) in [6.45, 7) is 0.657. The molecule has 1 atom stereocenters. The Bertz CT molecular complexity index is 936. The van der Waals surface area contributed by atoms with Gasteiger partial charge in [0.25, 0.3) is 0 Å². The largest absolute Gasteiger partial charge is 0.467 e. The van der Waals surface area contributed by atoms with Crippen LogP contribution in [0.2, 0.25) is 0 Å². The van der Waals surface area contributed by atoms with Gasteiger partial charge in [0, 0.05) is 37.1 Å². The molecule has 4 nitrogen and oxygen atoms in total. The van der Waals surface area contributed by atoms with Gasteiger partial charge >= 0.3 is 5.97 Å². The maximum Gasteiger partial charge on any atom is 0.329 e. The molecule has 0 radical (unpaired) electrons. The Balaban J connectivity index is 1.63. The Hall–Kier alpha value is -3.45. The van der Waals surface area contributed by atoms with Crippen molar-refractivity contribution in [3.8, 4) is 11.8 Å². The topological polar surface area (TPSA) is 34.5 Å². The molecule has 0 aliphatic rings. The Morgan fingerprint density at radius 3 is 2.36 bits per heavy atom. The third kappa shape index (κ3) is 5.05. The second-order valence-corrected chi connectivity index (χ2v) is 6.56. The van der Waals surface area contributed by atoms with Gasteiger partial charge in [-0.2, -0.15) is 0 Å². The lowest BCUT2D eigenvalue weighted by Gasteiger charge is -2.16. The smallest absolute Gasteiger partial charge is 0.329 e. The average molecular weight is 372 g/mol. The van der Waals surface area contributed by atoms with Crippen LogP contribution in [0.3, 0.4) is 0 Å². The maximum absolute atomic E-state index is 12.1. The summed E-state index contributed by atoms with van der Waals surface area (Å²) in [6, 6.07) is 21.7. The molecule has 3 rings (SSSR count). The van der Waals surface area contributed by atoms with Crippen LogP contribution in [-0.4, -0.2) is 31.2 Å². The lowest BCUT2D eigenvalue weighted by molar-refractivity contribution is -0.144. The molecule has 0 spiro atoms. The van der Waals surface area contributed by atoms with Gasteiger partial charge in [0.15, 0.2) is 0 Å². The van der Waals surface area contributed by atoms with Crippen LogP contribution < -0.4 is 4.90 Å². The number of hydrogen-bond acceptors (Lipinski definition) is 3. The zero-order valence-electron chi connectivity index (χ0n) is 16.2. The molecule has 1 aromatic heterocycles. The van der Waals surface area contributed by atoms with Crippen LogP contribution in [-0.2, 0) is 16.0 Å². The van der Waals surface area contributed by atoms with Crippen LogP contribution in [0.1, 0.15) is 17.2 Å². The molecule has 0 N–H and O–H groups in total. The fourth-order valence-electron chi connectivity index (χ4n) is 2.98. The molecule has 0 aliphatic heterocycles. The summed E-state index contributed by atoms with van der Waals surface area (Å²) in [6.07, 6.45) is 4.33. The molecule has 2 aromatic carbocycles. The molecule has 0 amide bonds. The predicted molar refractivity (Wildman–Crippen MR) is 112 cm³/mol. The standard InChI is InChI=1S/C24H24N2O2/c1-25(22-10-4-3-5-11-22)16-8-9-20-12-14-21(15-13-20)19-23(24(27)28-2)26-17-6-7-18-26/h3-7,10-15,17-18,23H,16,19H2,1-2H3. The zero-order valence-corrected chi connectivity index (χ0v) is 16.2. The second kappa shape index (κ2) is 9.48.